The molecule has 0 radical (unpaired) electrons. The lowest BCUT2D eigenvalue weighted by Crippen LogP contribution is -2.10. The summed E-state index contributed by atoms with van der Waals surface area (Å²) in [6.45, 7) is 0. The maximum atomic E-state index is 6.34. The molecule has 3 heteroatoms. The Morgan fingerprint density at radius 2 is 0.725 bits per heavy atom. The second kappa shape index (κ2) is 17.2. The van der Waals surface area contributed by atoms with Crippen molar-refractivity contribution in [3.05, 3.63) is 261 Å². The van der Waals surface area contributed by atoms with E-state index in [1.54, 1.807) is 0 Å². The Kier molecular flexibility index (Phi) is 10.1. The van der Waals surface area contributed by atoms with E-state index in [4.69, 9.17) is 4.42 Å². The molecule has 0 N–H and O–H groups in total. The van der Waals surface area contributed by atoms with Gasteiger partial charge in [0.05, 0.1) is 10.4 Å². The summed E-state index contributed by atoms with van der Waals surface area (Å²) in [4.78, 5) is 2.46. The first-order valence-corrected chi connectivity index (χ1v) is 24.3. The monoisotopic (exact) mass is 897 g/mol. The molecule has 13 rings (SSSR count). The Morgan fingerprint density at radius 3 is 1.38 bits per heavy atom. The number of hydrogen-bond donors (Lipinski definition) is 0. The van der Waals surface area contributed by atoms with Crippen LogP contribution in [0.25, 0.3) is 109 Å². The molecular weight excluding hydrogens is 855 g/mol. The first-order chi connectivity index (χ1) is 34.2. The molecule has 11 aromatic carbocycles. The van der Waals surface area contributed by atoms with Crippen molar-refractivity contribution in [2.75, 3.05) is 4.90 Å². The molecule has 2 nitrogen and oxygen atoms in total. The van der Waals surface area contributed by atoms with Gasteiger partial charge in [-0.2, -0.15) is 0 Å². The zero-order valence-corrected chi connectivity index (χ0v) is 38.4. The molecule has 0 amide bonds. The fraction of sp³-hybridized carbons (Fsp3) is 0. The lowest BCUT2D eigenvalue weighted by molar-refractivity contribution is 0.669. The summed E-state index contributed by atoms with van der Waals surface area (Å²) in [6, 6.07) is 94.4. The second-order valence-corrected chi connectivity index (χ2v) is 18.6. The van der Waals surface area contributed by atoms with Crippen molar-refractivity contribution in [1.82, 2.24) is 0 Å². The minimum atomic E-state index is 0.893. The molecule has 0 spiro atoms. The highest BCUT2D eigenvalue weighted by Gasteiger charge is 2.22. The summed E-state index contributed by atoms with van der Waals surface area (Å²) in [5, 5.41) is 4.77. The van der Waals surface area contributed by atoms with Crippen LogP contribution in [0.3, 0.4) is 0 Å². The average molecular weight is 898 g/mol. The van der Waals surface area contributed by atoms with E-state index in [1.807, 2.05) is 23.5 Å². The first kappa shape index (κ1) is 40.5. The zero-order chi connectivity index (χ0) is 45.7. The Hall–Kier alpha value is -8.76. The van der Waals surface area contributed by atoms with E-state index < -0.39 is 0 Å². The number of thiophene rings is 1. The topological polar surface area (TPSA) is 16.4 Å². The van der Waals surface area contributed by atoms with Gasteiger partial charge in [0, 0.05) is 37.6 Å². The second-order valence-electron chi connectivity index (χ2n) is 17.6. The molecule has 0 aliphatic heterocycles. The maximum absolute atomic E-state index is 6.34. The summed E-state index contributed by atoms with van der Waals surface area (Å²) in [7, 11) is 0. The van der Waals surface area contributed by atoms with Crippen molar-refractivity contribution in [2.45, 2.75) is 0 Å². The number of para-hydroxylation sites is 1. The van der Waals surface area contributed by atoms with Crippen LogP contribution in [-0.2, 0) is 0 Å². The molecule has 0 saturated heterocycles. The van der Waals surface area contributed by atoms with E-state index in [-0.39, 0.29) is 0 Å². The van der Waals surface area contributed by atoms with Crippen LogP contribution in [-0.4, -0.2) is 0 Å². The molecule has 0 saturated carbocycles. The number of rotatable bonds is 9. The number of hydrogen-bond acceptors (Lipinski definition) is 3. The van der Waals surface area contributed by atoms with Gasteiger partial charge in [-0.25, -0.2) is 0 Å². The molecular formula is C66H43NOS. The van der Waals surface area contributed by atoms with E-state index in [2.05, 4.69) is 254 Å². The fourth-order valence-electron chi connectivity index (χ4n) is 10.2. The molecule has 0 aliphatic carbocycles. The first-order valence-electron chi connectivity index (χ1n) is 23.5. The van der Waals surface area contributed by atoms with Gasteiger partial charge in [-0.05, 0) is 121 Å². The fourth-order valence-corrected chi connectivity index (χ4v) is 11.5. The van der Waals surface area contributed by atoms with Crippen molar-refractivity contribution in [3.8, 4) is 66.8 Å². The van der Waals surface area contributed by atoms with Crippen LogP contribution in [0, 0.1) is 0 Å². The van der Waals surface area contributed by atoms with Gasteiger partial charge < -0.3 is 9.32 Å². The smallest absolute Gasteiger partial charge is 0.136 e. The third-order valence-electron chi connectivity index (χ3n) is 13.5. The van der Waals surface area contributed by atoms with E-state index in [9.17, 15) is 0 Å². The molecule has 69 heavy (non-hydrogen) atoms. The molecule has 2 heterocycles. The Labute approximate surface area is 405 Å². The summed E-state index contributed by atoms with van der Waals surface area (Å²) in [5.41, 5.74) is 19.3. The molecule has 324 valence electrons. The molecule has 0 aliphatic rings. The van der Waals surface area contributed by atoms with Gasteiger partial charge in [-0.15, -0.1) is 11.3 Å². The third kappa shape index (κ3) is 7.28. The van der Waals surface area contributed by atoms with Crippen molar-refractivity contribution in [2.24, 2.45) is 0 Å². The quantitative estimate of drug-likeness (QED) is 0.144. The highest BCUT2D eigenvalue weighted by molar-refractivity contribution is 7.27. The predicted octanol–water partition coefficient (Wildman–Crippen LogP) is 19.4. The van der Waals surface area contributed by atoms with Gasteiger partial charge in [-0.3, -0.25) is 0 Å². The molecule has 0 atom stereocenters. The molecule has 0 bridgehead atoms. The van der Waals surface area contributed by atoms with Gasteiger partial charge in [0.15, 0.2) is 0 Å². The van der Waals surface area contributed by atoms with Crippen molar-refractivity contribution >= 4 is 70.5 Å². The SMILES string of the molecule is c1ccc(-c2cc(N(c3ccc(-c4ccc5c(c4)oc4ccccc45)cc3)c3ccc(-c4ccccc4-c4ccccc4-c4ccccc4)cc3)c3sc4c(-c5ccccc5)cccc4c3c2)cc1. The van der Waals surface area contributed by atoms with E-state index >= 15 is 0 Å². The highest BCUT2D eigenvalue weighted by Crippen LogP contribution is 2.50. The number of fused-ring (bicyclic) bond motifs is 6. The lowest BCUT2D eigenvalue weighted by atomic mass is 9.89. The van der Waals surface area contributed by atoms with Crippen LogP contribution in [0.15, 0.2) is 265 Å². The molecule has 2 aromatic heterocycles. The average Bonchev–Trinajstić information content (AvgIpc) is 4.00. The predicted molar refractivity (Wildman–Crippen MR) is 294 cm³/mol. The van der Waals surface area contributed by atoms with Gasteiger partial charge in [0.2, 0.25) is 0 Å². The normalized spacial score (nSPS) is 11.5. The van der Waals surface area contributed by atoms with Gasteiger partial charge in [0.25, 0.3) is 0 Å². The minimum absolute atomic E-state index is 0.893. The van der Waals surface area contributed by atoms with Crippen LogP contribution in [0.4, 0.5) is 17.1 Å². The zero-order valence-electron chi connectivity index (χ0n) is 37.6. The Balaban J connectivity index is 0.990. The van der Waals surface area contributed by atoms with Crippen molar-refractivity contribution in [1.29, 1.82) is 0 Å². The number of anilines is 3. The number of furan rings is 1. The van der Waals surface area contributed by atoms with Crippen molar-refractivity contribution in [3.63, 3.8) is 0 Å². The number of benzene rings is 11. The van der Waals surface area contributed by atoms with E-state index in [1.165, 1.54) is 70.2 Å². The summed E-state index contributed by atoms with van der Waals surface area (Å²) in [6.07, 6.45) is 0. The van der Waals surface area contributed by atoms with Crippen LogP contribution in [0.5, 0.6) is 0 Å². The molecule has 0 unspecified atom stereocenters. The maximum Gasteiger partial charge on any atom is 0.136 e. The van der Waals surface area contributed by atoms with Crippen LogP contribution in [0.1, 0.15) is 0 Å². The van der Waals surface area contributed by atoms with E-state index in [0.29, 0.717) is 0 Å². The summed E-state index contributed by atoms with van der Waals surface area (Å²) >= 11 is 1.88. The lowest BCUT2D eigenvalue weighted by Gasteiger charge is -2.27. The van der Waals surface area contributed by atoms with Crippen molar-refractivity contribution < 1.29 is 4.42 Å². The van der Waals surface area contributed by atoms with Gasteiger partial charge in [0.1, 0.15) is 11.2 Å². The summed E-state index contributed by atoms with van der Waals surface area (Å²) in [5.74, 6) is 0. The van der Waals surface area contributed by atoms with Crippen LogP contribution >= 0.6 is 11.3 Å². The van der Waals surface area contributed by atoms with Gasteiger partial charge in [-0.1, -0.05) is 206 Å². The summed E-state index contributed by atoms with van der Waals surface area (Å²) < 4.78 is 8.85. The number of nitrogens with zero attached hydrogens (tertiary/aromatic N) is 1. The minimum Gasteiger partial charge on any atom is -0.456 e. The Bertz CT molecular complexity index is 3980. The Morgan fingerprint density at radius 1 is 0.261 bits per heavy atom. The van der Waals surface area contributed by atoms with E-state index in [0.717, 1.165) is 55.7 Å². The largest absolute Gasteiger partial charge is 0.456 e. The van der Waals surface area contributed by atoms with Crippen LogP contribution in [0.2, 0.25) is 0 Å². The van der Waals surface area contributed by atoms with Crippen LogP contribution < -0.4 is 4.90 Å². The standard InChI is InChI=1S/C66H43NOS/c1-4-17-44(18-5-1)50-41-61-60-29-16-28-55(47-21-8-3-9-22-47)65(60)69-66(61)62(42-50)67(51-36-31-45(32-37-51)49-35-40-59-58-27-14-15-30-63(58)68-64(59)43-49)52-38-33-48(34-39-52)54-24-11-13-26-57(54)56-25-12-10-23-53(56)46-19-6-2-7-20-46/h1-43H. The molecule has 0 fully saturated rings. The highest BCUT2D eigenvalue weighted by atomic mass is 32.1. The van der Waals surface area contributed by atoms with Gasteiger partial charge >= 0.3 is 0 Å². The third-order valence-corrected chi connectivity index (χ3v) is 14.8. The molecule has 13 aromatic rings.